The van der Waals surface area contributed by atoms with Crippen LogP contribution in [0, 0.1) is 24.7 Å². The summed E-state index contributed by atoms with van der Waals surface area (Å²) in [5.74, 6) is 0.155. The Labute approximate surface area is 182 Å². The van der Waals surface area contributed by atoms with Gasteiger partial charge in [-0.1, -0.05) is 19.9 Å². The van der Waals surface area contributed by atoms with Gasteiger partial charge in [0.1, 0.15) is 11.3 Å². The molecule has 0 radical (unpaired) electrons. The number of ether oxygens (including phenoxy) is 3. The Kier molecular flexibility index (Phi) is 8.56. The van der Waals surface area contributed by atoms with Crippen LogP contribution in [0.2, 0.25) is 0 Å². The summed E-state index contributed by atoms with van der Waals surface area (Å²) in [6, 6.07) is 2.01. The van der Waals surface area contributed by atoms with Gasteiger partial charge in [-0.25, -0.2) is 4.79 Å². The van der Waals surface area contributed by atoms with E-state index in [1.165, 1.54) is 0 Å². The van der Waals surface area contributed by atoms with Crippen LogP contribution in [0.15, 0.2) is 10.5 Å². The molecule has 1 saturated carbocycles. The molecule has 162 valence electrons. The maximum atomic E-state index is 13.0. The lowest BCUT2D eigenvalue weighted by Gasteiger charge is -2.30. The third-order valence-corrected chi connectivity index (χ3v) is 6.70. The third-order valence-electron chi connectivity index (χ3n) is 5.71. The topological polar surface area (TPSA) is 61.8 Å². The van der Waals surface area contributed by atoms with Gasteiger partial charge in [-0.05, 0) is 79.4 Å². The van der Waals surface area contributed by atoms with Crippen LogP contribution in [0.1, 0.15) is 74.9 Å². The molecule has 29 heavy (non-hydrogen) atoms. The number of rotatable bonds is 8. The molecule has 1 fully saturated rings. The first-order valence-electron chi connectivity index (χ1n) is 10.6. The van der Waals surface area contributed by atoms with Crippen molar-refractivity contribution in [3.63, 3.8) is 0 Å². The van der Waals surface area contributed by atoms with Gasteiger partial charge in [0.15, 0.2) is 0 Å². The number of hydrogen-bond donors (Lipinski definition) is 0. The molecule has 0 N–H and O–H groups in total. The van der Waals surface area contributed by atoms with Gasteiger partial charge >= 0.3 is 11.9 Å². The number of carbonyl (C=O) groups excluding carboxylic acids is 2. The van der Waals surface area contributed by atoms with Crippen LogP contribution in [-0.4, -0.2) is 31.8 Å². The van der Waals surface area contributed by atoms with Gasteiger partial charge < -0.3 is 14.2 Å². The van der Waals surface area contributed by atoms with Crippen LogP contribution in [0.4, 0.5) is 0 Å². The fraction of sp³-hybridized carbons (Fsp3) is 0.652. The van der Waals surface area contributed by atoms with Crippen LogP contribution in [0.5, 0.6) is 5.75 Å². The van der Waals surface area contributed by atoms with Crippen molar-refractivity contribution in [3.05, 3.63) is 27.2 Å². The van der Waals surface area contributed by atoms with E-state index in [0.717, 1.165) is 28.4 Å². The van der Waals surface area contributed by atoms with Gasteiger partial charge in [0.05, 0.1) is 30.2 Å². The van der Waals surface area contributed by atoms with Crippen molar-refractivity contribution in [3.8, 4) is 5.75 Å². The zero-order chi connectivity index (χ0) is 21.7. The lowest BCUT2D eigenvalue weighted by molar-refractivity contribution is -0.148. The van der Waals surface area contributed by atoms with Gasteiger partial charge in [0.25, 0.3) is 0 Å². The predicted molar refractivity (Wildman–Crippen MR) is 116 cm³/mol. The fourth-order valence-corrected chi connectivity index (χ4v) is 4.91. The monoisotopic (exact) mass is 468 g/mol. The number of hydrogen-bond acceptors (Lipinski definition) is 5. The second-order valence-electron chi connectivity index (χ2n) is 7.82. The molecule has 3 atom stereocenters. The zero-order valence-electron chi connectivity index (χ0n) is 18.3. The molecule has 0 unspecified atom stereocenters. The van der Waals surface area contributed by atoms with Crippen molar-refractivity contribution in [2.45, 2.75) is 60.3 Å². The summed E-state index contributed by atoms with van der Waals surface area (Å²) in [5.41, 5.74) is 2.23. The van der Waals surface area contributed by atoms with Crippen LogP contribution >= 0.6 is 15.9 Å². The first-order valence-corrected chi connectivity index (χ1v) is 11.4. The first kappa shape index (κ1) is 23.7. The molecule has 0 aromatic heterocycles. The highest BCUT2D eigenvalue weighted by Crippen LogP contribution is 2.51. The van der Waals surface area contributed by atoms with E-state index in [0.29, 0.717) is 30.4 Å². The van der Waals surface area contributed by atoms with Crippen LogP contribution < -0.4 is 4.74 Å². The van der Waals surface area contributed by atoms with E-state index >= 15 is 0 Å². The summed E-state index contributed by atoms with van der Waals surface area (Å²) in [5, 5.41) is 0. The normalized spacial score (nSPS) is 21.3. The van der Waals surface area contributed by atoms with Gasteiger partial charge in [-0.15, -0.1) is 0 Å². The van der Waals surface area contributed by atoms with Crippen LogP contribution in [0.25, 0.3) is 0 Å². The number of carbonyl (C=O) groups is 2. The van der Waals surface area contributed by atoms with Crippen molar-refractivity contribution in [2.75, 3.05) is 19.8 Å². The molecule has 1 aliphatic rings. The highest BCUT2D eigenvalue weighted by atomic mass is 79.9. The molecule has 1 aromatic carbocycles. The molecule has 1 aromatic rings. The van der Waals surface area contributed by atoms with Crippen molar-refractivity contribution in [1.82, 2.24) is 0 Å². The molecule has 0 heterocycles. The second-order valence-corrected chi connectivity index (χ2v) is 8.62. The molecule has 6 heteroatoms. The number of esters is 2. The molecule has 0 saturated heterocycles. The lowest BCUT2D eigenvalue weighted by Crippen LogP contribution is -2.27. The van der Waals surface area contributed by atoms with Gasteiger partial charge in [-0.2, -0.15) is 0 Å². The number of halogens is 1. The summed E-state index contributed by atoms with van der Waals surface area (Å²) >= 11 is 3.58. The van der Waals surface area contributed by atoms with Crippen molar-refractivity contribution < 1.29 is 23.8 Å². The average molecular weight is 469 g/mol. The Balaban J connectivity index is 2.73. The average Bonchev–Trinajstić information content (AvgIpc) is 3.11. The molecule has 0 bridgehead atoms. The van der Waals surface area contributed by atoms with Crippen molar-refractivity contribution in [1.29, 1.82) is 0 Å². The summed E-state index contributed by atoms with van der Waals surface area (Å²) in [6.45, 7) is 12.9. The maximum absolute atomic E-state index is 13.0. The van der Waals surface area contributed by atoms with E-state index in [-0.39, 0.29) is 30.3 Å². The van der Waals surface area contributed by atoms with Crippen molar-refractivity contribution >= 4 is 27.9 Å². The molecule has 0 aliphatic heterocycles. The number of benzene rings is 1. The Bertz CT molecular complexity index is 743. The van der Waals surface area contributed by atoms with Gasteiger partial charge in [0.2, 0.25) is 0 Å². The Morgan fingerprint density at radius 1 is 1.10 bits per heavy atom. The van der Waals surface area contributed by atoms with Crippen LogP contribution in [0.3, 0.4) is 0 Å². The molecule has 0 spiro atoms. The van der Waals surface area contributed by atoms with E-state index in [9.17, 15) is 9.59 Å². The summed E-state index contributed by atoms with van der Waals surface area (Å²) in [7, 11) is 0. The second kappa shape index (κ2) is 10.5. The van der Waals surface area contributed by atoms with Gasteiger partial charge in [0, 0.05) is 5.92 Å². The quantitative estimate of drug-likeness (QED) is 0.460. The minimum absolute atomic E-state index is 0.112. The first-order chi connectivity index (χ1) is 13.8. The Morgan fingerprint density at radius 2 is 1.76 bits per heavy atom. The van der Waals surface area contributed by atoms with E-state index in [1.807, 2.05) is 26.8 Å². The van der Waals surface area contributed by atoms with Crippen LogP contribution in [-0.2, 0) is 14.3 Å². The molecule has 1 aliphatic carbocycles. The highest BCUT2D eigenvalue weighted by molar-refractivity contribution is 9.10. The molecule has 5 nitrogen and oxygen atoms in total. The van der Waals surface area contributed by atoms with Crippen molar-refractivity contribution in [2.24, 2.45) is 17.8 Å². The summed E-state index contributed by atoms with van der Waals surface area (Å²) in [4.78, 5) is 25.8. The highest BCUT2D eigenvalue weighted by Gasteiger charge is 2.45. The largest absolute Gasteiger partial charge is 0.492 e. The van der Waals surface area contributed by atoms with E-state index in [4.69, 9.17) is 14.2 Å². The molecule has 0 amide bonds. The van der Waals surface area contributed by atoms with E-state index in [1.54, 1.807) is 6.92 Å². The number of aryl methyl sites for hydroxylation is 1. The molecule has 2 rings (SSSR count). The molecular weight excluding hydrogens is 436 g/mol. The summed E-state index contributed by atoms with van der Waals surface area (Å²) in [6.07, 6.45) is 1.68. The lowest BCUT2D eigenvalue weighted by atomic mass is 9.76. The van der Waals surface area contributed by atoms with E-state index < -0.39 is 5.97 Å². The molecular formula is C23H33BrO5. The smallest absolute Gasteiger partial charge is 0.342 e. The summed E-state index contributed by atoms with van der Waals surface area (Å²) < 4.78 is 17.4. The maximum Gasteiger partial charge on any atom is 0.342 e. The third kappa shape index (κ3) is 4.96. The fourth-order valence-electron chi connectivity index (χ4n) is 4.48. The zero-order valence-corrected chi connectivity index (χ0v) is 19.9. The Morgan fingerprint density at radius 3 is 2.31 bits per heavy atom. The Hall–Kier alpha value is -1.56. The van der Waals surface area contributed by atoms with E-state index in [2.05, 4.69) is 29.8 Å². The minimum Gasteiger partial charge on any atom is -0.492 e. The minimum atomic E-state index is -0.413. The standard InChI is InChI=1S/C23H33BrO5/c1-7-27-21-19(23(26)29-9-3)17(12-14(6)20(21)24)18-15(13(4)5)10-11-16(18)22(25)28-8-2/h12-13,15-16,18H,7-11H2,1-6H3/t15-,16+,18-/m0/s1. The predicted octanol–water partition coefficient (Wildman–Crippen LogP) is 5.66. The van der Waals surface area contributed by atoms with Gasteiger partial charge in [-0.3, -0.25) is 4.79 Å². The SMILES string of the molecule is CCOC(=O)c1c([C@@H]2[C@H](C(=O)OCC)CC[C@H]2C(C)C)cc(C)c(Br)c1OCC.